The summed E-state index contributed by atoms with van der Waals surface area (Å²) in [6.07, 6.45) is 0.402. The lowest BCUT2D eigenvalue weighted by atomic mass is 10.2. The van der Waals surface area contributed by atoms with E-state index in [9.17, 15) is 8.42 Å². The fourth-order valence-electron chi connectivity index (χ4n) is 1.61. The third-order valence-corrected chi connectivity index (χ3v) is 4.72. The van der Waals surface area contributed by atoms with Crippen molar-refractivity contribution in [3.8, 4) is 11.5 Å². The monoisotopic (exact) mass is 369 g/mol. The minimum absolute atomic E-state index is 0.0165. The number of benzene rings is 1. The molecule has 8 heteroatoms. The summed E-state index contributed by atoms with van der Waals surface area (Å²) >= 11 is 8.81. The first kappa shape index (κ1) is 14.7. The van der Waals surface area contributed by atoms with E-state index in [0.29, 0.717) is 47.2 Å². The summed E-state index contributed by atoms with van der Waals surface area (Å²) in [5.41, 5.74) is 0.429. The van der Waals surface area contributed by atoms with Gasteiger partial charge in [-0.25, -0.2) is 8.42 Å². The molecule has 1 aliphatic heterocycles. The van der Waals surface area contributed by atoms with E-state index in [0.717, 1.165) is 0 Å². The first-order valence-corrected chi connectivity index (χ1v) is 8.65. The Hall–Kier alpha value is -0.660. The van der Waals surface area contributed by atoms with Crippen molar-refractivity contribution in [2.24, 2.45) is 0 Å². The molecule has 0 bridgehead atoms. The second-order valence-corrected chi connectivity index (χ2v) is 7.01. The highest BCUT2D eigenvalue weighted by Gasteiger charge is 2.18. The zero-order valence-corrected chi connectivity index (χ0v) is 13.1. The SMILES string of the molecule is O=S(=O)(CCCCl)Nc1cc2c(cc1Br)OCCO2. The zero-order chi connectivity index (χ0) is 13.9. The molecule has 1 N–H and O–H groups in total. The van der Waals surface area contributed by atoms with Crippen LogP contribution in [0.1, 0.15) is 6.42 Å². The van der Waals surface area contributed by atoms with Crippen LogP contribution in [0.5, 0.6) is 11.5 Å². The van der Waals surface area contributed by atoms with Crippen molar-refractivity contribution >= 4 is 43.2 Å². The molecule has 1 aliphatic rings. The van der Waals surface area contributed by atoms with Gasteiger partial charge in [-0.3, -0.25) is 4.72 Å². The maximum absolute atomic E-state index is 11.8. The van der Waals surface area contributed by atoms with E-state index >= 15 is 0 Å². The topological polar surface area (TPSA) is 64.6 Å². The Bertz CT molecular complexity index is 564. The first-order valence-electron chi connectivity index (χ1n) is 5.67. The Morgan fingerprint density at radius 1 is 1.26 bits per heavy atom. The van der Waals surface area contributed by atoms with Crippen molar-refractivity contribution in [2.75, 3.05) is 29.6 Å². The Morgan fingerprint density at radius 2 is 1.89 bits per heavy atom. The standard InChI is InChI=1S/C11H13BrClNO4S/c12-8-6-10-11(18-4-3-17-10)7-9(8)14-19(15,16)5-1-2-13/h6-7,14H,1-5H2. The van der Waals surface area contributed by atoms with Crippen LogP contribution in [0, 0.1) is 0 Å². The molecule has 5 nitrogen and oxygen atoms in total. The van der Waals surface area contributed by atoms with Crippen molar-refractivity contribution in [3.05, 3.63) is 16.6 Å². The lowest BCUT2D eigenvalue weighted by molar-refractivity contribution is 0.171. The molecule has 0 saturated carbocycles. The third-order valence-electron chi connectivity index (χ3n) is 2.44. The summed E-state index contributed by atoms with van der Waals surface area (Å²) in [6, 6.07) is 3.30. The number of fused-ring (bicyclic) bond motifs is 1. The quantitative estimate of drug-likeness (QED) is 0.809. The summed E-state index contributed by atoms with van der Waals surface area (Å²) < 4.78 is 37.6. The van der Waals surface area contributed by atoms with E-state index in [1.165, 1.54) is 0 Å². The Balaban J connectivity index is 2.21. The first-order chi connectivity index (χ1) is 9.02. The van der Waals surface area contributed by atoms with Crippen LogP contribution in [0.25, 0.3) is 0 Å². The van der Waals surface area contributed by atoms with Gasteiger partial charge in [-0.05, 0) is 22.4 Å². The molecule has 0 amide bonds. The molecular weight excluding hydrogens is 358 g/mol. The highest BCUT2D eigenvalue weighted by molar-refractivity contribution is 9.10. The fraction of sp³-hybridized carbons (Fsp3) is 0.455. The van der Waals surface area contributed by atoms with E-state index < -0.39 is 10.0 Å². The van der Waals surface area contributed by atoms with Gasteiger partial charge in [0.2, 0.25) is 10.0 Å². The van der Waals surface area contributed by atoms with Crippen LogP contribution in [-0.4, -0.2) is 33.3 Å². The summed E-state index contributed by atoms with van der Waals surface area (Å²) in [4.78, 5) is 0. The van der Waals surface area contributed by atoms with Crippen LogP contribution in [0.15, 0.2) is 16.6 Å². The number of anilines is 1. The van der Waals surface area contributed by atoms with Crippen LogP contribution in [-0.2, 0) is 10.0 Å². The molecule has 0 spiro atoms. The minimum Gasteiger partial charge on any atom is -0.486 e. The number of ether oxygens (including phenoxy) is 2. The lowest BCUT2D eigenvalue weighted by Crippen LogP contribution is -2.19. The van der Waals surface area contributed by atoms with Crippen molar-refractivity contribution in [2.45, 2.75) is 6.42 Å². The Labute approximate surface area is 125 Å². The van der Waals surface area contributed by atoms with Gasteiger partial charge in [0.05, 0.1) is 11.4 Å². The maximum atomic E-state index is 11.8. The molecule has 106 valence electrons. The maximum Gasteiger partial charge on any atom is 0.232 e. The summed E-state index contributed by atoms with van der Waals surface area (Å²) in [5, 5.41) is 0. The predicted molar refractivity (Wildman–Crippen MR) is 77.9 cm³/mol. The molecule has 0 fully saturated rings. The third kappa shape index (κ3) is 3.90. The van der Waals surface area contributed by atoms with Gasteiger partial charge in [-0.1, -0.05) is 0 Å². The van der Waals surface area contributed by atoms with Crippen molar-refractivity contribution in [1.82, 2.24) is 0 Å². The number of halogens is 2. The predicted octanol–water partition coefficient (Wildman–Crippen LogP) is 2.59. The van der Waals surface area contributed by atoms with Gasteiger partial charge in [0, 0.05) is 22.5 Å². The molecule has 0 aliphatic carbocycles. The van der Waals surface area contributed by atoms with Crippen LogP contribution in [0.2, 0.25) is 0 Å². The van der Waals surface area contributed by atoms with Crippen molar-refractivity contribution in [3.63, 3.8) is 0 Å². The second-order valence-electron chi connectivity index (χ2n) is 3.94. The van der Waals surface area contributed by atoms with Crippen molar-refractivity contribution < 1.29 is 17.9 Å². The Morgan fingerprint density at radius 3 is 2.53 bits per heavy atom. The van der Waals surface area contributed by atoms with Gasteiger partial charge in [-0.2, -0.15) is 0 Å². The molecule has 0 unspecified atom stereocenters. The molecule has 0 atom stereocenters. The zero-order valence-electron chi connectivity index (χ0n) is 9.99. The number of nitrogens with one attached hydrogen (secondary N) is 1. The van der Waals surface area contributed by atoms with Crippen LogP contribution in [0.3, 0.4) is 0 Å². The molecular formula is C11H13BrClNO4S. The van der Waals surface area contributed by atoms with E-state index in [-0.39, 0.29) is 5.75 Å². The second kappa shape index (κ2) is 6.19. The molecule has 1 heterocycles. The van der Waals surface area contributed by atoms with Crippen LogP contribution >= 0.6 is 27.5 Å². The largest absolute Gasteiger partial charge is 0.486 e. The summed E-state index contributed by atoms with van der Waals surface area (Å²) in [7, 11) is -3.41. The average molecular weight is 371 g/mol. The van der Waals surface area contributed by atoms with Gasteiger partial charge in [-0.15, -0.1) is 11.6 Å². The molecule has 1 aromatic rings. The molecule has 2 rings (SSSR count). The summed E-state index contributed by atoms with van der Waals surface area (Å²) in [5.74, 6) is 1.42. The Kier molecular flexibility index (Phi) is 4.81. The number of hydrogen-bond acceptors (Lipinski definition) is 4. The normalized spacial score (nSPS) is 14.2. The lowest BCUT2D eigenvalue weighted by Gasteiger charge is -2.20. The van der Waals surface area contributed by atoms with E-state index in [1.807, 2.05) is 0 Å². The van der Waals surface area contributed by atoms with Gasteiger partial charge in [0.1, 0.15) is 13.2 Å². The van der Waals surface area contributed by atoms with E-state index in [4.69, 9.17) is 21.1 Å². The van der Waals surface area contributed by atoms with Gasteiger partial charge >= 0.3 is 0 Å². The smallest absolute Gasteiger partial charge is 0.232 e. The molecule has 0 saturated heterocycles. The number of rotatable bonds is 5. The van der Waals surface area contributed by atoms with Crippen molar-refractivity contribution in [1.29, 1.82) is 0 Å². The number of hydrogen-bond donors (Lipinski definition) is 1. The summed E-state index contributed by atoms with van der Waals surface area (Å²) in [6.45, 7) is 0.938. The van der Waals surface area contributed by atoms with Crippen LogP contribution < -0.4 is 14.2 Å². The molecule has 0 aromatic heterocycles. The number of sulfonamides is 1. The highest BCUT2D eigenvalue weighted by Crippen LogP contribution is 2.38. The average Bonchev–Trinajstić information content (AvgIpc) is 2.37. The fourth-order valence-corrected chi connectivity index (χ4v) is 3.58. The molecule has 19 heavy (non-hydrogen) atoms. The minimum atomic E-state index is -3.41. The molecule has 0 radical (unpaired) electrons. The van der Waals surface area contributed by atoms with Gasteiger partial charge < -0.3 is 9.47 Å². The van der Waals surface area contributed by atoms with Gasteiger partial charge in [0.25, 0.3) is 0 Å². The van der Waals surface area contributed by atoms with E-state index in [1.54, 1.807) is 12.1 Å². The van der Waals surface area contributed by atoms with Gasteiger partial charge in [0.15, 0.2) is 11.5 Å². The highest BCUT2D eigenvalue weighted by atomic mass is 79.9. The molecule has 1 aromatic carbocycles. The number of alkyl halides is 1. The van der Waals surface area contributed by atoms with Crippen LogP contribution in [0.4, 0.5) is 5.69 Å². The van der Waals surface area contributed by atoms with E-state index in [2.05, 4.69) is 20.7 Å².